The van der Waals surface area contributed by atoms with E-state index in [-0.39, 0.29) is 12.0 Å². The Hall–Kier alpha value is -1.28. The minimum absolute atomic E-state index is 0.164. The molecule has 1 aromatic rings. The predicted molar refractivity (Wildman–Crippen MR) is 60.8 cm³/mol. The summed E-state index contributed by atoms with van der Waals surface area (Å²) in [5.41, 5.74) is 1.32. The largest absolute Gasteiger partial charge is 0.460 e. The highest BCUT2D eigenvalue weighted by Gasteiger charge is 2.10. The van der Waals surface area contributed by atoms with Crippen molar-refractivity contribution in [3.05, 3.63) is 48.0 Å². The Morgan fingerprint density at radius 3 is 2.60 bits per heavy atom. The summed E-state index contributed by atoms with van der Waals surface area (Å²) >= 11 is 6.05. The molecule has 0 aliphatic carbocycles. The number of hydrogen-bond acceptors (Lipinski definition) is 2. The highest BCUT2D eigenvalue weighted by molar-refractivity contribution is 6.21. The number of rotatable bonds is 4. The second-order valence-electron chi connectivity index (χ2n) is 3.26. The fraction of sp³-hybridized carbons (Fsp3) is 0.250. The van der Waals surface area contributed by atoms with Crippen LogP contribution in [0.1, 0.15) is 17.9 Å². The summed E-state index contributed by atoms with van der Waals surface area (Å²) in [7, 11) is 0. The zero-order chi connectivity index (χ0) is 11.3. The lowest BCUT2D eigenvalue weighted by atomic mass is 10.1. The second kappa shape index (κ2) is 5.56. The highest BCUT2D eigenvalue weighted by atomic mass is 35.5. The van der Waals surface area contributed by atoms with Crippen LogP contribution in [0.15, 0.2) is 42.5 Å². The molecule has 0 aromatic heterocycles. The zero-order valence-corrected chi connectivity index (χ0v) is 9.33. The van der Waals surface area contributed by atoms with E-state index in [0.717, 1.165) is 5.56 Å². The Labute approximate surface area is 94.5 Å². The van der Waals surface area contributed by atoms with E-state index in [4.69, 9.17) is 16.3 Å². The number of alkyl halides is 1. The van der Waals surface area contributed by atoms with Crippen molar-refractivity contribution in [3.8, 4) is 0 Å². The van der Waals surface area contributed by atoms with Crippen molar-refractivity contribution in [1.29, 1.82) is 0 Å². The molecular formula is C12H13ClO2. The van der Waals surface area contributed by atoms with Gasteiger partial charge < -0.3 is 4.74 Å². The molecule has 0 spiro atoms. The molecular weight excluding hydrogens is 212 g/mol. The van der Waals surface area contributed by atoms with E-state index in [9.17, 15) is 4.79 Å². The topological polar surface area (TPSA) is 26.3 Å². The Bertz CT molecular complexity index is 346. The molecule has 80 valence electrons. The first kappa shape index (κ1) is 11.8. The van der Waals surface area contributed by atoms with Crippen LogP contribution in [0, 0.1) is 0 Å². The van der Waals surface area contributed by atoms with Crippen molar-refractivity contribution in [1.82, 2.24) is 0 Å². The third-order valence-electron chi connectivity index (χ3n) is 1.87. The first-order valence-corrected chi connectivity index (χ1v) is 5.06. The maximum Gasteiger partial charge on any atom is 0.333 e. The van der Waals surface area contributed by atoms with E-state index in [2.05, 4.69) is 6.58 Å². The van der Waals surface area contributed by atoms with E-state index in [1.54, 1.807) is 6.92 Å². The SMILES string of the molecule is C=C(C)C(=O)OCC(Cl)c1ccccc1. The Kier molecular flexibility index (Phi) is 4.37. The van der Waals surface area contributed by atoms with E-state index < -0.39 is 5.97 Å². The van der Waals surface area contributed by atoms with Crippen LogP contribution in [0.5, 0.6) is 0 Å². The number of benzene rings is 1. The molecule has 1 rings (SSSR count). The molecule has 0 radical (unpaired) electrons. The van der Waals surface area contributed by atoms with E-state index >= 15 is 0 Å². The van der Waals surface area contributed by atoms with Crippen molar-refractivity contribution in [2.75, 3.05) is 6.61 Å². The zero-order valence-electron chi connectivity index (χ0n) is 8.57. The third-order valence-corrected chi connectivity index (χ3v) is 2.25. The number of halogens is 1. The lowest BCUT2D eigenvalue weighted by molar-refractivity contribution is -0.138. The fourth-order valence-electron chi connectivity index (χ4n) is 1.03. The van der Waals surface area contributed by atoms with Gasteiger partial charge in [-0.25, -0.2) is 4.79 Å². The molecule has 0 saturated carbocycles. The summed E-state index contributed by atoms with van der Waals surface area (Å²) in [5.74, 6) is -0.406. The molecule has 0 aliphatic heterocycles. The van der Waals surface area contributed by atoms with Gasteiger partial charge in [0.1, 0.15) is 6.61 Å². The van der Waals surface area contributed by atoms with Gasteiger partial charge in [-0.2, -0.15) is 0 Å². The van der Waals surface area contributed by atoms with Crippen molar-refractivity contribution in [2.24, 2.45) is 0 Å². The van der Waals surface area contributed by atoms with Gasteiger partial charge in [-0.3, -0.25) is 0 Å². The van der Waals surface area contributed by atoms with Crippen LogP contribution in [0.2, 0.25) is 0 Å². The average molecular weight is 225 g/mol. The van der Waals surface area contributed by atoms with Gasteiger partial charge in [-0.1, -0.05) is 36.9 Å². The molecule has 0 heterocycles. The van der Waals surface area contributed by atoms with E-state index in [0.29, 0.717) is 5.57 Å². The van der Waals surface area contributed by atoms with Crippen LogP contribution in [0.4, 0.5) is 0 Å². The second-order valence-corrected chi connectivity index (χ2v) is 3.78. The predicted octanol–water partition coefficient (Wildman–Crippen LogP) is 3.09. The standard InChI is InChI=1S/C12H13ClO2/c1-9(2)12(14)15-8-11(13)10-6-4-3-5-7-10/h3-7,11H,1,8H2,2H3. The van der Waals surface area contributed by atoms with Crippen molar-refractivity contribution < 1.29 is 9.53 Å². The number of hydrogen-bond donors (Lipinski definition) is 0. The molecule has 0 aliphatic rings. The highest BCUT2D eigenvalue weighted by Crippen LogP contribution is 2.20. The van der Waals surface area contributed by atoms with Gasteiger partial charge in [0, 0.05) is 5.57 Å². The van der Waals surface area contributed by atoms with Crippen molar-refractivity contribution in [3.63, 3.8) is 0 Å². The minimum Gasteiger partial charge on any atom is -0.460 e. The number of carbonyl (C=O) groups is 1. The molecule has 0 amide bonds. The summed E-state index contributed by atoms with van der Waals surface area (Å²) in [6, 6.07) is 9.49. The first-order chi connectivity index (χ1) is 7.11. The number of carbonyl (C=O) groups excluding carboxylic acids is 1. The van der Waals surface area contributed by atoms with E-state index in [1.165, 1.54) is 0 Å². The lowest BCUT2D eigenvalue weighted by Crippen LogP contribution is -2.09. The third kappa shape index (κ3) is 3.76. The first-order valence-electron chi connectivity index (χ1n) is 4.63. The van der Waals surface area contributed by atoms with Crippen LogP contribution >= 0.6 is 11.6 Å². The molecule has 0 bridgehead atoms. The Morgan fingerprint density at radius 2 is 2.07 bits per heavy atom. The summed E-state index contributed by atoms with van der Waals surface area (Å²) in [6.07, 6.45) is 0. The van der Waals surface area contributed by atoms with Crippen LogP contribution in [0.25, 0.3) is 0 Å². The van der Waals surface area contributed by atoms with Gasteiger partial charge in [0.05, 0.1) is 5.38 Å². The van der Waals surface area contributed by atoms with Gasteiger partial charge in [0.15, 0.2) is 0 Å². The smallest absolute Gasteiger partial charge is 0.333 e. The van der Waals surface area contributed by atoms with Crippen LogP contribution in [-0.2, 0) is 9.53 Å². The molecule has 15 heavy (non-hydrogen) atoms. The molecule has 0 N–H and O–H groups in total. The monoisotopic (exact) mass is 224 g/mol. The molecule has 3 heteroatoms. The maximum atomic E-state index is 11.1. The Morgan fingerprint density at radius 1 is 1.47 bits per heavy atom. The number of ether oxygens (including phenoxy) is 1. The van der Waals surface area contributed by atoms with Gasteiger partial charge in [0.25, 0.3) is 0 Å². The molecule has 0 fully saturated rings. The van der Waals surface area contributed by atoms with Crippen LogP contribution in [0.3, 0.4) is 0 Å². The average Bonchev–Trinajstić information content (AvgIpc) is 2.26. The lowest BCUT2D eigenvalue weighted by Gasteiger charge is -2.10. The molecule has 0 saturated heterocycles. The molecule has 1 aromatic carbocycles. The van der Waals surface area contributed by atoms with Gasteiger partial charge in [-0.15, -0.1) is 11.6 Å². The molecule has 2 nitrogen and oxygen atoms in total. The Balaban J connectivity index is 2.47. The molecule has 1 unspecified atom stereocenters. The van der Waals surface area contributed by atoms with Gasteiger partial charge >= 0.3 is 5.97 Å². The van der Waals surface area contributed by atoms with Crippen molar-refractivity contribution >= 4 is 17.6 Å². The molecule has 1 atom stereocenters. The van der Waals surface area contributed by atoms with E-state index in [1.807, 2.05) is 30.3 Å². The fourth-order valence-corrected chi connectivity index (χ4v) is 1.24. The summed E-state index contributed by atoms with van der Waals surface area (Å²) < 4.78 is 4.95. The maximum absolute atomic E-state index is 11.1. The summed E-state index contributed by atoms with van der Waals surface area (Å²) in [6.45, 7) is 5.26. The minimum atomic E-state index is -0.406. The number of esters is 1. The van der Waals surface area contributed by atoms with Crippen molar-refractivity contribution in [2.45, 2.75) is 12.3 Å². The van der Waals surface area contributed by atoms with Gasteiger partial charge in [-0.05, 0) is 12.5 Å². The van der Waals surface area contributed by atoms with Gasteiger partial charge in [0.2, 0.25) is 0 Å². The van der Waals surface area contributed by atoms with Crippen LogP contribution < -0.4 is 0 Å². The van der Waals surface area contributed by atoms with Crippen LogP contribution in [-0.4, -0.2) is 12.6 Å². The summed E-state index contributed by atoms with van der Waals surface area (Å²) in [5, 5.41) is -0.311. The summed E-state index contributed by atoms with van der Waals surface area (Å²) in [4.78, 5) is 11.1. The quantitative estimate of drug-likeness (QED) is 0.446. The normalized spacial score (nSPS) is 11.9.